The van der Waals surface area contributed by atoms with Crippen LogP contribution in [0.5, 0.6) is 0 Å². The average Bonchev–Trinajstić information content (AvgIpc) is 3.04. The molecular weight excluding hydrogens is 349 g/mol. The second kappa shape index (κ2) is 5.89. The predicted octanol–water partition coefficient (Wildman–Crippen LogP) is -2.32. The van der Waals surface area contributed by atoms with Crippen LogP contribution in [0.15, 0.2) is 12.7 Å². The standard InChI is InChI=1S/C10H14N5O8P/c11-8-5-9(13-3-15(8)18)14(2-12-5)10-7(17)6(16)4(23-10)1-22-24(19,20)21/h2-4,6-7,10-11,16-18H,1H2,(H2,19,20,21)/t4-,6+,7+,10+/m0/s1. The lowest BCUT2D eigenvalue weighted by molar-refractivity contribution is -0.0504. The molecule has 0 spiro atoms. The van der Waals surface area contributed by atoms with Gasteiger partial charge in [0.2, 0.25) is 0 Å². The minimum Gasteiger partial charge on any atom is -0.425 e. The van der Waals surface area contributed by atoms with E-state index in [0.717, 1.165) is 6.33 Å². The number of aromatic nitrogens is 4. The Labute approximate surface area is 133 Å². The highest BCUT2D eigenvalue weighted by Gasteiger charge is 2.45. The SMILES string of the molecule is N=c1c2ncn([C@@H]3O[C@@H](COP(=O)(O)O)[C@@H](O)[C@H]3O)c2ncn1O. The fraction of sp³-hybridized carbons (Fsp3) is 0.500. The van der Waals surface area contributed by atoms with Crippen LogP contribution in [-0.2, 0) is 13.8 Å². The van der Waals surface area contributed by atoms with Crippen molar-refractivity contribution in [3.8, 4) is 0 Å². The van der Waals surface area contributed by atoms with E-state index in [1.165, 1.54) is 10.9 Å². The molecule has 13 nitrogen and oxygen atoms in total. The number of phosphoric ester groups is 1. The van der Waals surface area contributed by atoms with Gasteiger partial charge in [-0.2, -0.15) is 4.73 Å². The monoisotopic (exact) mass is 363 g/mol. The predicted molar refractivity (Wildman–Crippen MR) is 72.5 cm³/mol. The largest absolute Gasteiger partial charge is 0.469 e. The number of hydrogen-bond acceptors (Lipinski definition) is 9. The zero-order valence-electron chi connectivity index (χ0n) is 11.9. The highest BCUT2D eigenvalue weighted by Crippen LogP contribution is 2.38. The van der Waals surface area contributed by atoms with Crippen molar-refractivity contribution >= 4 is 19.0 Å². The lowest BCUT2D eigenvalue weighted by atomic mass is 10.1. The molecule has 1 fully saturated rings. The number of rotatable bonds is 4. The van der Waals surface area contributed by atoms with Crippen molar-refractivity contribution in [2.75, 3.05) is 6.61 Å². The Morgan fingerprint density at radius 3 is 2.67 bits per heavy atom. The highest BCUT2D eigenvalue weighted by molar-refractivity contribution is 7.46. The van der Waals surface area contributed by atoms with E-state index in [0.29, 0.717) is 4.73 Å². The summed E-state index contributed by atoms with van der Waals surface area (Å²) in [5.74, 6) is 0. The van der Waals surface area contributed by atoms with E-state index in [1.54, 1.807) is 0 Å². The third kappa shape index (κ3) is 2.93. The summed E-state index contributed by atoms with van der Waals surface area (Å²) in [6.07, 6.45) is -3.14. The molecule has 1 aliphatic heterocycles. The van der Waals surface area contributed by atoms with Crippen LogP contribution >= 0.6 is 7.82 Å². The first-order chi connectivity index (χ1) is 11.2. The molecule has 0 aliphatic carbocycles. The maximum absolute atomic E-state index is 10.7. The molecule has 0 amide bonds. The molecule has 2 aromatic heterocycles. The second-order valence-electron chi connectivity index (χ2n) is 5.09. The number of ether oxygens (including phenoxy) is 1. The molecule has 2 aromatic rings. The van der Waals surface area contributed by atoms with Gasteiger partial charge in [0.25, 0.3) is 0 Å². The van der Waals surface area contributed by atoms with Crippen LogP contribution in [0, 0.1) is 5.41 Å². The summed E-state index contributed by atoms with van der Waals surface area (Å²) in [6, 6.07) is 0. The van der Waals surface area contributed by atoms with E-state index in [4.69, 9.17) is 19.9 Å². The van der Waals surface area contributed by atoms with Crippen molar-refractivity contribution in [3.05, 3.63) is 18.1 Å². The molecule has 0 saturated carbocycles. The number of nitrogens with one attached hydrogen (secondary N) is 1. The fourth-order valence-corrected chi connectivity index (χ4v) is 2.72. The van der Waals surface area contributed by atoms with Gasteiger partial charge in [-0.05, 0) is 0 Å². The van der Waals surface area contributed by atoms with Crippen LogP contribution in [0.1, 0.15) is 6.23 Å². The van der Waals surface area contributed by atoms with Crippen LogP contribution < -0.4 is 5.49 Å². The third-order valence-electron chi connectivity index (χ3n) is 3.53. The minimum atomic E-state index is -4.76. The zero-order chi connectivity index (χ0) is 17.6. The molecule has 14 heteroatoms. The van der Waals surface area contributed by atoms with Gasteiger partial charge in [0.15, 0.2) is 22.9 Å². The molecule has 24 heavy (non-hydrogen) atoms. The van der Waals surface area contributed by atoms with E-state index in [1.807, 2.05) is 0 Å². The number of aliphatic hydroxyl groups excluding tert-OH is 2. The molecule has 1 saturated heterocycles. The summed E-state index contributed by atoms with van der Waals surface area (Å²) in [7, 11) is -4.76. The fourth-order valence-electron chi connectivity index (χ4n) is 2.38. The van der Waals surface area contributed by atoms with Crippen LogP contribution in [0.25, 0.3) is 11.2 Å². The molecule has 4 atom stereocenters. The number of imidazole rings is 1. The Bertz CT molecular complexity index is 861. The van der Waals surface area contributed by atoms with Crippen LogP contribution in [0.2, 0.25) is 0 Å². The van der Waals surface area contributed by atoms with E-state index < -0.39 is 39.0 Å². The normalized spacial score (nSPS) is 27.8. The summed E-state index contributed by atoms with van der Waals surface area (Å²) in [5.41, 5.74) is -0.202. The Kier molecular flexibility index (Phi) is 4.17. The zero-order valence-corrected chi connectivity index (χ0v) is 12.8. The molecule has 6 N–H and O–H groups in total. The van der Waals surface area contributed by atoms with Gasteiger partial charge in [-0.15, -0.1) is 0 Å². The topological polar surface area (TPSA) is 196 Å². The van der Waals surface area contributed by atoms with E-state index >= 15 is 0 Å². The van der Waals surface area contributed by atoms with Gasteiger partial charge in [-0.3, -0.25) is 14.5 Å². The molecule has 1 aliphatic rings. The lowest BCUT2D eigenvalue weighted by Gasteiger charge is -2.16. The second-order valence-corrected chi connectivity index (χ2v) is 6.33. The van der Waals surface area contributed by atoms with Crippen molar-refractivity contribution in [2.45, 2.75) is 24.5 Å². The number of phosphoric acid groups is 1. The van der Waals surface area contributed by atoms with Gasteiger partial charge in [0, 0.05) is 0 Å². The summed E-state index contributed by atoms with van der Waals surface area (Å²) < 4.78 is 22.1. The summed E-state index contributed by atoms with van der Waals surface area (Å²) in [6.45, 7) is -0.639. The maximum atomic E-state index is 10.7. The van der Waals surface area contributed by atoms with Gasteiger partial charge in [-0.1, -0.05) is 0 Å². The Morgan fingerprint density at radius 2 is 2.00 bits per heavy atom. The van der Waals surface area contributed by atoms with Crippen molar-refractivity contribution in [1.82, 2.24) is 19.3 Å². The molecule has 0 bridgehead atoms. The van der Waals surface area contributed by atoms with E-state index in [-0.39, 0.29) is 16.7 Å². The van der Waals surface area contributed by atoms with Crippen molar-refractivity contribution in [2.24, 2.45) is 0 Å². The average molecular weight is 363 g/mol. The highest BCUT2D eigenvalue weighted by atomic mass is 31.2. The van der Waals surface area contributed by atoms with Crippen molar-refractivity contribution < 1.29 is 39.0 Å². The Morgan fingerprint density at radius 1 is 1.29 bits per heavy atom. The smallest absolute Gasteiger partial charge is 0.425 e. The first-order valence-corrected chi connectivity index (χ1v) is 8.12. The van der Waals surface area contributed by atoms with Crippen LogP contribution in [0.3, 0.4) is 0 Å². The number of hydrogen-bond donors (Lipinski definition) is 6. The van der Waals surface area contributed by atoms with Crippen molar-refractivity contribution in [3.63, 3.8) is 0 Å². The molecular formula is C10H14N5O8P. The number of fused-ring (bicyclic) bond motifs is 1. The summed E-state index contributed by atoms with van der Waals surface area (Å²) >= 11 is 0. The molecule has 0 unspecified atom stereocenters. The Balaban J connectivity index is 1.89. The van der Waals surface area contributed by atoms with Crippen LogP contribution in [-0.4, -0.2) is 69.4 Å². The number of aliphatic hydroxyl groups is 2. The van der Waals surface area contributed by atoms with Crippen LogP contribution in [0.4, 0.5) is 0 Å². The summed E-state index contributed by atoms with van der Waals surface area (Å²) in [4.78, 5) is 25.2. The first-order valence-electron chi connectivity index (χ1n) is 6.59. The Hall–Kier alpha value is -1.86. The molecule has 0 radical (unpaired) electrons. The maximum Gasteiger partial charge on any atom is 0.469 e. The molecule has 0 aromatic carbocycles. The van der Waals surface area contributed by atoms with E-state index in [9.17, 15) is 20.0 Å². The van der Waals surface area contributed by atoms with Gasteiger partial charge in [0.1, 0.15) is 24.6 Å². The van der Waals surface area contributed by atoms with E-state index in [2.05, 4.69) is 14.5 Å². The number of nitrogens with zero attached hydrogens (tertiary/aromatic N) is 4. The molecule has 3 rings (SSSR count). The third-order valence-corrected chi connectivity index (χ3v) is 4.01. The van der Waals surface area contributed by atoms with Gasteiger partial charge < -0.3 is 29.9 Å². The molecule has 3 heterocycles. The first kappa shape index (κ1) is 17.0. The van der Waals surface area contributed by atoms with Gasteiger partial charge >= 0.3 is 7.82 Å². The quantitative estimate of drug-likeness (QED) is 0.253. The summed E-state index contributed by atoms with van der Waals surface area (Å²) in [5, 5.41) is 37.1. The lowest BCUT2D eigenvalue weighted by Crippen LogP contribution is -2.33. The minimum absolute atomic E-state index is 0.0280. The van der Waals surface area contributed by atoms with Gasteiger partial charge in [0.05, 0.1) is 12.9 Å². The molecule has 132 valence electrons. The van der Waals surface area contributed by atoms with Crippen molar-refractivity contribution in [1.29, 1.82) is 5.41 Å². The van der Waals surface area contributed by atoms with Gasteiger partial charge in [-0.25, -0.2) is 14.5 Å².